The van der Waals surface area contributed by atoms with Gasteiger partial charge < -0.3 is 4.74 Å². The molecule has 8 nitrogen and oxygen atoms in total. The number of ether oxygens (including phenoxy) is 1. The molecule has 0 aliphatic heterocycles. The number of aromatic amines is 2. The third kappa shape index (κ3) is 4.49. The number of H-pyrrole nitrogens is 2. The van der Waals surface area contributed by atoms with Crippen LogP contribution in [0.4, 0.5) is 0 Å². The molecule has 2 aromatic heterocycles. The zero-order valence-corrected chi connectivity index (χ0v) is 15.6. The predicted molar refractivity (Wildman–Crippen MR) is 113 cm³/mol. The van der Waals surface area contributed by atoms with E-state index in [0.29, 0.717) is 21.7 Å². The van der Waals surface area contributed by atoms with Gasteiger partial charge in [0.1, 0.15) is 0 Å². The van der Waals surface area contributed by atoms with Crippen molar-refractivity contribution in [3.63, 3.8) is 0 Å². The van der Waals surface area contributed by atoms with E-state index in [9.17, 15) is 14.4 Å². The molecule has 0 radical (unpaired) electrons. The zero-order valence-electron chi connectivity index (χ0n) is 16.0. The Kier molecular flexibility index (Phi) is 6.28. The molecule has 0 amide bonds. The van der Waals surface area contributed by atoms with E-state index in [-0.39, 0.29) is 18.5 Å². The van der Waals surface area contributed by atoms with E-state index in [4.69, 9.17) is 2.97 Å². The van der Waals surface area contributed by atoms with Gasteiger partial charge in [-0.05, 0) is 24.3 Å². The van der Waals surface area contributed by atoms with Gasteiger partial charge in [0.2, 0.25) is 0 Å². The topological polar surface area (TPSA) is 118 Å². The van der Waals surface area contributed by atoms with Crippen LogP contribution in [-0.4, -0.2) is 33.5 Å². The van der Waals surface area contributed by atoms with Crippen molar-refractivity contribution in [3.8, 4) is 0 Å². The van der Waals surface area contributed by atoms with Crippen molar-refractivity contribution in [3.05, 3.63) is 79.5 Å². The summed E-state index contributed by atoms with van der Waals surface area (Å²) in [5.74, 6) is -0.465. The Morgan fingerprint density at radius 1 is 1.00 bits per heavy atom. The summed E-state index contributed by atoms with van der Waals surface area (Å²) in [6.45, 7) is 0. The average molecular weight is 449 g/mol. The van der Waals surface area contributed by atoms with Crippen molar-refractivity contribution in [2.75, 3.05) is 7.11 Å². The predicted octanol–water partition coefficient (Wildman–Crippen LogP) is 3.28. The van der Waals surface area contributed by atoms with Gasteiger partial charge in [-0.1, -0.05) is 35.5 Å². The summed E-state index contributed by atoms with van der Waals surface area (Å²) in [6, 6.07) is 10.2. The molecule has 28 heavy (non-hydrogen) atoms. The minimum Gasteiger partial charge on any atom is -0.465 e. The summed E-state index contributed by atoms with van der Waals surface area (Å²) in [5, 5.41) is 14.6. The number of carbonyl (C=O) groups is 1. The SMILES string of the molecule is C.COC(=O)c1ccc2cn[nH]c(=O)c2c1.O=c1[nH]ncc2ccc(Br)cc12.[2H][2H]. The first-order valence-corrected chi connectivity index (χ1v) is 8.47. The van der Waals surface area contributed by atoms with Gasteiger partial charge in [-0.15, -0.1) is 0 Å². The van der Waals surface area contributed by atoms with Gasteiger partial charge in [-0.25, -0.2) is 15.0 Å². The molecule has 0 spiro atoms. The lowest BCUT2D eigenvalue weighted by atomic mass is 10.1. The Bertz CT molecular complexity index is 1260. The van der Waals surface area contributed by atoms with Crippen LogP contribution in [0.2, 0.25) is 0 Å². The van der Waals surface area contributed by atoms with Gasteiger partial charge in [0, 0.05) is 18.2 Å². The molecule has 0 bridgehead atoms. The van der Waals surface area contributed by atoms with Gasteiger partial charge in [0.25, 0.3) is 11.1 Å². The Morgan fingerprint density at radius 3 is 2.11 bits per heavy atom. The number of halogens is 1. The molecular formula is C19H19BrN4O4. The Hall–Kier alpha value is -3.33. The smallest absolute Gasteiger partial charge is 0.337 e. The van der Waals surface area contributed by atoms with Crippen molar-refractivity contribution in [1.82, 2.24) is 20.4 Å². The first-order valence-electron chi connectivity index (χ1n) is 8.68. The molecule has 4 rings (SSSR count). The van der Waals surface area contributed by atoms with E-state index in [1.165, 1.54) is 19.4 Å². The maximum absolute atomic E-state index is 11.4. The molecule has 9 heteroatoms. The summed E-state index contributed by atoms with van der Waals surface area (Å²) in [7, 11) is 1.29. The van der Waals surface area contributed by atoms with Crippen LogP contribution in [0.1, 0.15) is 20.8 Å². The highest BCUT2D eigenvalue weighted by molar-refractivity contribution is 9.10. The highest BCUT2D eigenvalue weighted by atomic mass is 79.9. The number of benzene rings is 2. The Labute approximate surface area is 170 Å². The van der Waals surface area contributed by atoms with Crippen LogP contribution >= 0.6 is 15.9 Å². The summed E-state index contributed by atoms with van der Waals surface area (Å²) in [4.78, 5) is 33.8. The molecule has 2 aromatic carbocycles. The molecule has 0 aliphatic rings. The fraction of sp³-hybridized carbons (Fsp3) is 0.105. The second-order valence-electron chi connectivity index (χ2n) is 5.42. The first-order chi connectivity index (χ1) is 14.0. The molecule has 0 unspecified atom stereocenters. The summed E-state index contributed by atoms with van der Waals surface area (Å²) in [6.07, 6.45) is 3.15. The van der Waals surface area contributed by atoms with E-state index >= 15 is 0 Å². The number of esters is 1. The van der Waals surface area contributed by atoms with Crippen LogP contribution in [-0.2, 0) is 4.74 Å². The number of carbonyl (C=O) groups excluding carboxylic acids is 1. The van der Waals surface area contributed by atoms with Crippen LogP contribution in [0.25, 0.3) is 21.5 Å². The van der Waals surface area contributed by atoms with E-state index in [1.54, 1.807) is 24.4 Å². The maximum Gasteiger partial charge on any atom is 0.337 e. The molecule has 0 atom stereocenters. The maximum atomic E-state index is 11.4. The number of hydrogen-bond acceptors (Lipinski definition) is 6. The van der Waals surface area contributed by atoms with Crippen molar-refractivity contribution in [1.29, 1.82) is 0 Å². The number of nitrogens with zero attached hydrogens (tertiary/aromatic N) is 2. The lowest BCUT2D eigenvalue weighted by Gasteiger charge is -2.00. The fourth-order valence-electron chi connectivity index (χ4n) is 2.39. The molecule has 0 aliphatic carbocycles. The molecule has 0 saturated heterocycles. The van der Waals surface area contributed by atoms with Gasteiger partial charge in [-0.2, -0.15) is 10.2 Å². The standard InChI is InChI=1S/C10H8N2O3.C8H5BrN2O.CH4.H2/c1-15-10(14)6-2-3-7-5-11-12-9(13)8(7)4-6;9-6-2-1-5-4-10-11-8(12)7(5)3-6;;/h2-5H,1H3,(H,12,13);1-4H,(H,11,12);1H4;1H/i;;;1+1D. The highest BCUT2D eigenvalue weighted by Gasteiger charge is 2.07. The van der Waals surface area contributed by atoms with Crippen molar-refractivity contribution in [2.24, 2.45) is 0 Å². The van der Waals surface area contributed by atoms with Crippen molar-refractivity contribution < 1.29 is 12.5 Å². The Morgan fingerprint density at radius 2 is 1.54 bits per heavy atom. The van der Waals surface area contributed by atoms with Gasteiger partial charge in [-0.3, -0.25) is 9.59 Å². The van der Waals surface area contributed by atoms with Crippen LogP contribution in [0.15, 0.2) is 62.9 Å². The quantitative estimate of drug-likeness (QED) is 0.431. The minimum absolute atomic E-state index is 0. The number of aromatic nitrogens is 4. The number of fused-ring (bicyclic) bond motifs is 2. The highest BCUT2D eigenvalue weighted by Crippen LogP contribution is 2.15. The molecule has 2 heterocycles. The normalized spacial score (nSPS) is 10.2. The average Bonchev–Trinajstić information content (AvgIpc) is 2.76. The lowest BCUT2D eigenvalue weighted by Crippen LogP contribution is -2.09. The van der Waals surface area contributed by atoms with E-state index in [0.717, 1.165) is 9.86 Å². The van der Waals surface area contributed by atoms with E-state index in [1.807, 2.05) is 12.1 Å². The van der Waals surface area contributed by atoms with Crippen LogP contribution < -0.4 is 11.1 Å². The second-order valence-corrected chi connectivity index (χ2v) is 6.34. The molecule has 0 fully saturated rings. The molecule has 2 N–H and O–H groups in total. The fourth-order valence-corrected chi connectivity index (χ4v) is 2.75. The van der Waals surface area contributed by atoms with Gasteiger partial charge in [0.05, 0.1) is 35.8 Å². The Balaban J connectivity index is 0.000000274. The third-order valence-corrected chi connectivity index (χ3v) is 4.21. The van der Waals surface area contributed by atoms with Crippen molar-refractivity contribution in [2.45, 2.75) is 7.43 Å². The minimum atomic E-state index is -0.465. The molecule has 0 saturated carbocycles. The van der Waals surface area contributed by atoms with Gasteiger partial charge >= 0.3 is 5.97 Å². The second kappa shape index (κ2) is 9.05. The summed E-state index contributed by atoms with van der Waals surface area (Å²) >= 11 is 3.29. The number of hydrogen-bond donors (Lipinski definition) is 2. The summed E-state index contributed by atoms with van der Waals surface area (Å²) < 4.78 is 15.5. The molecular weight excluding hydrogens is 428 g/mol. The summed E-state index contributed by atoms with van der Waals surface area (Å²) in [5.41, 5.74) is -0.131. The number of methoxy groups -OCH3 is 1. The van der Waals surface area contributed by atoms with Gasteiger partial charge in [0.15, 0.2) is 0 Å². The lowest BCUT2D eigenvalue weighted by molar-refractivity contribution is 0.0601. The van der Waals surface area contributed by atoms with E-state index in [2.05, 4.69) is 41.1 Å². The van der Waals surface area contributed by atoms with E-state index < -0.39 is 5.97 Å². The zero-order chi connectivity index (χ0) is 21.4. The van der Waals surface area contributed by atoms with Crippen LogP contribution in [0, 0.1) is 0 Å². The first kappa shape index (κ1) is 19.4. The monoisotopic (exact) mass is 448 g/mol. The molecule has 146 valence electrons. The van der Waals surface area contributed by atoms with Crippen LogP contribution in [0.5, 0.6) is 0 Å². The number of nitrogens with one attached hydrogen (secondary N) is 2. The largest absolute Gasteiger partial charge is 0.465 e. The van der Waals surface area contributed by atoms with Crippen LogP contribution in [0.3, 0.4) is 0 Å². The van der Waals surface area contributed by atoms with Crippen molar-refractivity contribution >= 4 is 43.4 Å². The third-order valence-electron chi connectivity index (χ3n) is 3.72. The molecule has 4 aromatic rings. The number of rotatable bonds is 1.